The minimum absolute atomic E-state index is 0.239. The van der Waals surface area contributed by atoms with Gasteiger partial charge in [-0.1, -0.05) is 6.07 Å². The fourth-order valence-corrected chi connectivity index (χ4v) is 3.36. The van der Waals surface area contributed by atoms with Crippen molar-refractivity contribution in [3.63, 3.8) is 0 Å². The van der Waals surface area contributed by atoms with Gasteiger partial charge in [-0.2, -0.15) is 4.98 Å². The quantitative estimate of drug-likeness (QED) is 0.623. The van der Waals surface area contributed by atoms with Crippen LogP contribution in [-0.4, -0.2) is 38.0 Å². The predicted octanol–water partition coefficient (Wildman–Crippen LogP) is 2.22. The van der Waals surface area contributed by atoms with E-state index < -0.39 is 10.0 Å². The molecule has 0 unspecified atom stereocenters. The second-order valence-corrected chi connectivity index (χ2v) is 7.59. The molecule has 0 aliphatic heterocycles. The van der Waals surface area contributed by atoms with Crippen molar-refractivity contribution in [1.29, 1.82) is 0 Å². The third-order valence-corrected chi connectivity index (χ3v) is 5.16. The first-order chi connectivity index (χ1) is 11.8. The number of nitrogens with zero attached hydrogens (tertiary/aromatic N) is 2. The van der Waals surface area contributed by atoms with Crippen LogP contribution < -0.4 is 15.4 Å². The van der Waals surface area contributed by atoms with Crippen LogP contribution in [0.15, 0.2) is 29.2 Å². The van der Waals surface area contributed by atoms with Crippen LogP contribution in [0.25, 0.3) is 0 Å². The molecule has 0 atom stereocenters. The molecule has 25 heavy (non-hydrogen) atoms. The zero-order valence-electron chi connectivity index (χ0n) is 15.0. The maximum absolute atomic E-state index is 12.3. The Kier molecular flexibility index (Phi) is 6.33. The second-order valence-electron chi connectivity index (χ2n) is 5.82. The van der Waals surface area contributed by atoms with Gasteiger partial charge in [-0.3, -0.25) is 0 Å². The molecule has 3 N–H and O–H groups in total. The Labute approximate surface area is 149 Å². The highest BCUT2D eigenvalue weighted by Crippen LogP contribution is 2.14. The van der Waals surface area contributed by atoms with Gasteiger partial charge in [0.15, 0.2) is 0 Å². The fraction of sp³-hybridized carbons (Fsp3) is 0.412. The molecule has 0 radical (unpaired) electrons. The van der Waals surface area contributed by atoms with Gasteiger partial charge >= 0.3 is 0 Å². The zero-order valence-corrected chi connectivity index (χ0v) is 15.9. The molecule has 7 nitrogen and oxygen atoms in total. The molecule has 0 bridgehead atoms. The van der Waals surface area contributed by atoms with Gasteiger partial charge in [0.2, 0.25) is 16.0 Å². The van der Waals surface area contributed by atoms with Gasteiger partial charge < -0.3 is 10.6 Å². The minimum Gasteiger partial charge on any atom is -0.370 e. The number of hydrogen-bond acceptors (Lipinski definition) is 6. The van der Waals surface area contributed by atoms with Crippen molar-refractivity contribution in [2.24, 2.45) is 0 Å². The Hall–Kier alpha value is -2.19. The lowest BCUT2D eigenvalue weighted by Crippen LogP contribution is -2.29. The molecule has 0 amide bonds. The highest BCUT2D eigenvalue weighted by atomic mass is 32.2. The summed E-state index contributed by atoms with van der Waals surface area (Å²) in [4.78, 5) is 8.89. The molecule has 2 rings (SSSR count). The van der Waals surface area contributed by atoms with Crippen molar-refractivity contribution >= 4 is 21.8 Å². The maximum atomic E-state index is 12.3. The first-order valence-electron chi connectivity index (χ1n) is 8.22. The summed E-state index contributed by atoms with van der Waals surface area (Å²) in [5, 5.41) is 6.17. The van der Waals surface area contributed by atoms with E-state index in [1.54, 1.807) is 12.1 Å². The molecule has 0 fully saturated rings. The third-order valence-electron chi connectivity index (χ3n) is 3.70. The van der Waals surface area contributed by atoms with Crippen LogP contribution in [0.4, 0.5) is 11.8 Å². The fourth-order valence-electron chi connectivity index (χ4n) is 2.24. The molecular formula is C17H25N5O2S. The Morgan fingerprint density at radius 3 is 2.40 bits per heavy atom. The average molecular weight is 363 g/mol. The maximum Gasteiger partial charge on any atom is 0.240 e. The Bertz CT molecular complexity index is 837. The van der Waals surface area contributed by atoms with Gasteiger partial charge in [0, 0.05) is 31.4 Å². The Balaban J connectivity index is 1.93. The molecule has 8 heteroatoms. The number of benzene rings is 1. The van der Waals surface area contributed by atoms with Crippen LogP contribution in [0.3, 0.4) is 0 Å². The highest BCUT2D eigenvalue weighted by Gasteiger charge is 2.13. The number of hydrogen-bond donors (Lipinski definition) is 3. The van der Waals surface area contributed by atoms with Gasteiger partial charge in [0.05, 0.1) is 4.90 Å². The molecule has 1 heterocycles. The zero-order chi connectivity index (χ0) is 18.4. The first kappa shape index (κ1) is 19.1. The number of aromatic nitrogens is 2. The topological polar surface area (TPSA) is 96.0 Å². The van der Waals surface area contributed by atoms with E-state index in [9.17, 15) is 8.42 Å². The second kappa shape index (κ2) is 8.26. The standard InChI is InChI=1S/C17H25N5O2S/c1-5-18-16-11-14(4)21-17(22-16)19-8-9-20-25(23,24)15-7-6-12(2)13(3)10-15/h6-7,10-11,20H,5,8-9H2,1-4H3,(H2,18,19,21,22). The summed E-state index contributed by atoms with van der Waals surface area (Å²) in [6.45, 7) is 9.12. The van der Waals surface area contributed by atoms with Crippen LogP contribution >= 0.6 is 0 Å². The molecule has 0 aliphatic carbocycles. The molecule has 0 aliphatic rings. The van der Waals surface area contributed by atoms with Gasteiger partial charge in [0.25, 0.3) is 0 Å². The Morgan fingerprint density at radius 2 is 1.72 bits per heavy atom. The van der Waals surface area contributed by atoms with Crippen molar-refractivity contribution in [2.75, 3.05) is 30.3 Å². The van der Waals surface area contributed by atoms with Crippen LogP contribution in [0.1, 0.15) is 23.7 Å². The van der Waals surface area contributed by atoms with Crippen LogP contribution in [-0.2, 0) is 10.0 Å². The number of rotatable bonds is 8. The van der Waals surface area contributed by atoms with E-state index in [2.05, 4.69) is 25.3 Å². The van der Waals surface area contributed by atoms with E-state index in [1.807, 2.05) is 39.8 Å². The molecule has 136 valence electrons. The molecule has 0 saturated carbocycles. The minimum atomic E-state index is -3.52. The van der Waals surface area contributed by atoms with Crippen LogP contribution in [0.2, 0.25) is 0 Å². The molecule has 0 saturated heterocycles. The molecular weight excluding hydrogens is 338 g/mol. The van der Waals surface area contributed by atoms with E-state index in [0.717, 1.165) is 29.2 Å². The van der Waals surface area contributed by atoms with Gasteiger partial charge in [0.1, 0.15) is 5.82 Å². The van der Waals surface area contributed by atoms with Crippen molar-refractivity contribution in [3.05, 3.63) is 41.1 Å². The summed E-state index contributed by atoms with van der Waals surface area (Å²) in [7, 11) is -3.52. The lowest BCUT2D eigenvalue weighted by molar-refractivity contribution is 0.582. The smallest absolute Gasteiger partial charge is 0.240 e. The van der Waals surface area contributed by atoms with E-state index >= 15 is 0 Å². The number of aryl methyl sites for hydroxylation is 3. The number of anilines is 2. The van der Waals surface area contributed by atoms with E-state index in [-0.39, 0.29) is 11.4 Å². The molecule has 2 aromatic rings. The highest BCUT2D eigenvalue weighted by molar-refractivity contribution is 7.89. The Morgan fingerprint density at radius 1 is 0.960 bits per heavy atom. The van der Waals surface area contributed by atoms with Crippen LogP contribution in [0, 0.1) is 20.8 Å². The summed E-state index contributed by atoms with van der Waals surface area (Å²) in [5.41, 5.74) is 2.85. The number of sulfonamides is 1. The summed E-state index contributed by atoms with van der Waals surface area (Å²) in [5.74, 6) is 1.22. The summed E-state index contributed by atoms with van der Waals surface area (Å²) in [6.07, 6.45) is 0. The lowest BCUT2D eigenvalue weighted by atomic mass is 10.1. The molecule has 0 spiro atoms. The average Bonchev–Trinajstić information content (AvgIpc) is 2.54. The molecule has 1 aromatic carbocycles. The SMILES string of the molecule is CCNc1cc(C)nc(NCCNS(=O)(=O)c2ccc(C)c(C)c2)n1. The summed E-state index contributed by atoms with van der Waals surface area (Å²) >= 11 is 0. The monoisotopic (exact) mass is 363 g/mol. The third kappa shape index (κ3) is 5.40. The predicted molar refractivity (Wildman–Crippen MR) is 101 cm³/mol. The lowest BCUT2D eigenvalue weighted by Gasteiger charge is -2.11. The summed E-state index contributed by atoms with van der Waals surface area (Å²) in [6, 6.07) is 6.96. The summed E-state index contributed by atoms with van der Waals surface area (Å²) < 4.78 is 27.2. The normalized spacial score (nSPS) is 11.4. The van der Waals surface area contributed by atoms with Crippen molar-refractivity contribution in [1.82, 2.24) is 14.7 Å². The van der Waals surface area contributed by atoms with Crippen LogP contribution in [0.5, 0.6) is 0 Å². The van der Waals surface area contributed by atoms with Gasteiger partial charge in [-0.15, -0.1) is 0 Å². The van der Waals surface area contributed by atoms with E-state index in [4.69, 9.17) is 0 Å². The largest absolute Gasteiger partial charge is 0.370 e. The van der Waals surface area contributed by atoms with Gasteiger partial charge in [-0.05, 0) is 51.0 Å². The molecule has 1 aromatic heterocycles. The van der Waals surface area contributed by atoms with Crippen molar-refractivity contribution in [2.45, 2.75) is 32.6 Å². The van der Waals surface area contributed by atoms with E-state index in [0.29, 0.717) is 12.5 Å². The number of nitrogens with one attached hydrogen (secondary N) is 3. The van der Waals surface area contributed by atoms with Crippen molar-refractivity contribution in [3.8, 4) is 0 Å². The van der Waals surface area contributed by atoms with E-state index in [1.165, 1.54) is 0 Å². The first-order valence-corrected chi connectivity index (χ1v) is 9.70. The van der Waals surface area contributed by atoms with Gasteiger partial charge in [-0.25, -0.2) is 18.1 Å². The van der Waals surface area contributed by atoms with Crippen molar-refractivity contribution < 1.29 is 8.42 Å².